The normalized spacial score (nSPS) is 10.9. The molecular formula is C18H11ClFN3S. The smallest absolute Gasteiger partial charge is 0.213 e. The van der Waals surface area contributed by atoms with Crippen LogP contribution in [0.5, 0.6) is 0 Å². The van der Waals surface area contributed by atoms with E-state index in [0.29, 0.717) is 5.02 Å². The Morgan fingerprint density at radius 2 is 1.79 bits per heavy atom. The van der Waals surface area contributed by atoms with Gasteiger partial charge in [-0.05, 0) is 47.5 Å². The van der Waals surface area contributed by atoms with E-state index in [-0.39, 0.29) is 0 Å². The van der Waals surface area contributed by atoms with Crippen LogP contribution < -0.4 is 5.32 Å². The van der Waals surface area contributed by atoms with Crippen molar-refractivity contribution in [3.05, 3.63) is 71.8 Å². The molecule has 3 nitrogen and oxygen atoms in total. The zero-order valence-corrected chi connectivity index (χ0v) is 13.9. The van der Waals surface area contributed by atoms with Crippen LogP contribution in [0, 0.1) is 5.95 Å². The Kier molecular flexibility index (Phi) is 3.88. The first kappa shape index (κ1) is 15.1. The monoisotopic (exact) mass is 355 g/mol. The van der Waals surface area contributed by atoms with E-state index in [4.69, 9.17) is 11.6 Å². The number of pyridine rings is 1. The van der Waals surface area contributed by atoms with Crippen LogP contribution in [0.1, 0.15) is 0 Å². The summed E-state index contributed by atoms with van der Waals surface area (Å²) in [5, 5.41) is 4.78. The number of aromatic nitrogens is 2. The zero-order chi connectivity index (χ0) is 16.5. The van der Waals surface area contributed by atoms with Gasteiger partial charge in [-0.15, -0.1) is 0 Å². The molecule has 0 aliphatic heterocycles. The molecular weight excluding hydrogens is 345 g/mol. The fourth-order valence-corrected chi connectivity index (χ4v) is 3.57. The Morgan fingerprint density at radius 3 is 2.58 bits per heavy atom. The van der Waals surface area contributed by atoms with E-state index >= 15 is 0 Å². The maximum Gasteiger partial charge on any atom is 0.213 e. The molecule has 24 heavy (non-hydrogen) atoms. The Balaban J connectivity index is 1.58. The number of halogens is 2. The average molecular weight is 356 g/mol. The van der Waals surface area contributed by atoms with Crippen molar-refractivity contribution < 1.29 is 4.39 Å². The van der Waals surface area contributed by atoms with Gasteiger partial charge in [0.2, 0.25) is 5.95 Å². The SMILES string of the molecule is Fc1cc(-c2ccc(Nc3nc4ccc(Cl)cc4s3)cc2)ccn1. The molecule has 0 saturated carbocycles. The Bertz CT molecular complexity index is 1010. The van der Waals surface area contributed by atoms with Gasteiger partial charge in [0.15, 0.2) is 5.13 Å². The van der Waals surface area contributed by atoms with Crippen molar-refractivity contribution in [3.63, 3.8) is 0 Å². The van der Waals surface area contributed by atoms with Gasteiger partial charge in [-0.1, -0.05) is 35.1 Å². The Hall–Kier alpha value is -2.50. The number of nitrogens with one attached hydrogen (secondary N) is 1. The van der Waals surface area contributed by atoms with Crippen molar-refractivity contribution in [1.82, 2.24) is 9.97 Å². The molecule has 2 heterocycles. The summed E-state index contributed by atoms with van der Waals surface area (Å²) in [7, 11) is 0. The summed E-state index contributed by atoms with van der Waals surface area (Å²) < 4.78 is 14.2. The van der Waals surface area contributed by atoms with Gasteiger partial charge < -0.3 is 5.32 Å². The highest BCUT2D eigenvalue weighted by atomic mass is 35.5. The van der Waals surface area contributed by atoms with Crippen LogP contribution in [-0.2, 0) is 0 Å². The molecule has 0 amide bonds. The van der Waals surface area contributed by atoms with Gasteiger partial charge in [0.05, 0.1) is 10.2 Å². The first-order chi connectivity index (χ1) is 11.7. The molecule has 0 atom stereocenters. The molecule has 0 unspecified atom stereocenters. The third-order valence-electron chi connectivity index (χ3n) is 3.55. The third kappa shape index (κ3) is 3.09. The van der Waals surface area contributed by atoms with Crippen LogP contribution in [-0.4, -0.2) is 9.97 Å². The number of benzene rings is 2. The summed E-state index contributed by atoms with van der Waals surface area (Å²) in [6.07, 6.45) is 1.46. The minimum atomic E-state index is -0.483. The molecule has 1 N–H and O–H groups in total. The molecule has 0 fully saturated rings. The topological polar surface area (TPSA) is 37.8 Å². The van der Waals surface area contributed by atoms with Gasteiger partial charge >= 0.3 is 0 Å². The second kappa shape index (κ2) is 6.19. The summed E-state index contributed by atoms with van der Waals surface area (Å²) in [4.78, 5) is 8.10. The lowest BCUT2D eigenvalue weighted by Gasteiger charge is -2.05. The summed E-state index contributed by atoms with van der Waals surface area (Å²) >= 11 is 7.55. The molecule has 0 spiro atoms. The molecule has 2 aromatic carbocycles. The van der Waals surface area contributed by atoms with E-state index < -0.39 is 5.95 Å². The fraction of sp³-hybridized carbons (Fsp3) is 0. The van der Waals surface area contributed by atoms with Crippen molar-refractivity contribution in [1.29, 1.82) is 0 Å². The van der Waals surface area contributed by atoms with E-state index in [2.05, 4.69) is 15.3 Å². The van der Waals surface area contributed by atoms with Crippen LogP contribution in [0.3, 0.4) is 0 Å². The molecule has 0 aliphatic rings. The van der Waals surface area contributed by atoms with Crippen molar-refractivity contribution in [2.45, 2.75) is 0 Å². The number of rotatable bonds is 3. The molecule has 4 aromatic rings. The lowest BCUT2D eigenvalue weighted by atomic mass is 10.1. The van der Waals surface area contributed by atoms with E-state index in [1.807, 2.05) is 42.5 Å². The van der Waals surface area contributed by atoms with E-state index in [0.717, 1.165) is 32.2 Å². The zero-order valence-electron chi connectivity index (χ0n) is 12.3. The Labute approximate surface area is 146 Å². The molecule has 0 saturated heterocycles. The predicted molar refractivity (Wildman–Crippen MR) is 97.5 cm³/mol. The van der Waals surface area contributed by atoms with E-state index in [9.17, 15) is 4.39 Å². The summed E-state index contributed by atoms with van der Waals surface area (Å²) in [6.45, 7) is 0. The number of anilines is 2. The maximum atomic E-state index is 13.2. The molecule has 4 rings (SSSR count). The first-order valence-corrected chi connectivity index (χ1v) is 8.42. The number of nitrogens with zero attached hydrogens (tertiary/aromatic N) is 2. The van der Waals surface area contributed by atoms with Crippen LogP contribution in [0.4, 0.5) is 15.2 Å². The standard InChI is InChI=1S/C18H11ClFN3S/c19-13-3-6-15-16(10-13)24-18(23-15)22-14-4-1-11(2-5-14)12-7-8-21-17(20)9-12/h1-10H,(H,22,23). The van der Waals surface area contributed by atoms with Crippen molar-refractivity contribution in [2.24, 2.45) is 0 Å². The Morgan fingerprint density at radius 1 is 0.958 bits per heavy atom. The summed E-state index contributed by atoms with van der Waals surface area (Å²) in [5.74, 6) is -0.483. The van der Waals surface area contributed by atoms with Gasteiger partial charge in [-0.25, -0.2) is 9.97 Å². The average Bonchev–Trinajstić information content (AvgIpc) is 2.97. The number of thiazole rings is 1. The third-order valence-corrected chi connectivity index (χ3v) is 4.72. The van der Waals surface area contributed by atoms with E-state index in [1.54, 1.807) is 17.4 Å². The van der Waals surface area contributed by atoms with Gasteiger partial charge in [-0.2, -0.15) is 4.39 Å². The number of hydrogen-bond acceptors (Lipinski definition) is 4. The summed E-state index contributed by atoms with van der Waals surface area (Å²) in [5.41, 5.74) is 3.55. The van der Waals surface area contributed by atoms with Crippen molar-refractivity contribution >= 4 is 44.0 Å². The van der Waals surface area contributed by atoms with Crippen LogP contribution in [0.15, 0.2) is 60.8 Å². The quantitative estimate of drug-likeness (QED) is 0.465. The summed E-state index contributed by atoms with van der Waals surface area (Å²) in [6, 6.07) is 16.6. The van der Waals surface area contributed by atoms with Crippen molar-refractivity contribution in [2.75, 3.05) is 5.32 Å². The molecule has 0 bridgehead atoms. The van der Waals surface area contributed by atoms with Gasteiger partial charge in [0, 0.05) is 23.0 Å². The van der Waals surface area contributed by atoms with Crippen molar-refractivity contribution in [3.8, 4) is 11.1 Å². The molecule has 118 valence electrons. The van der Waals surface area contributed by atoms with E-state index in [1.165, 1.54) is 12.3 Å². The largest absolute Gasteiger partial charge is 0.332 e. The van der Waals surface area contributed by atoms with Gasteiger partial charge in [-0.3, -0.25) is 0 Å². The minimum Gasteiger partial charge on any atom is -0.332 e. The second-order valence-electron chi connectivity index (χ2n) is 5.20. The predicted octanol–water partition coefficient (Wildman–Crippen LogP) is 5.89. The fourth-order valence-electron chi connectivity index (χ4n) is 2.40. The number of hydrogen-bond donors (Lipinski definition) is 1. The first-order valence-electron chi connectivity index (χ1n) is 7.22. The lowest BCUT2D eigenvalue weighted by molar-refractivity contribution is 0.584. The maximum absolute atomic E-state index is 13.2. The number of fused-ring (bicyclic) bond motifs is 1. The van der Waals surface area contributed by atoms with Crippen LogP contribution in [0.25, 0.3) is 21.3 Å². The molecule has 6 heteroatoms. The highest BCUT2D eigenvalue weighted by Crippen LogP contribution is 2.30. The highest BCUT2D eigenvalue weighted by molar-refractivity contribution is 7.22. The lowest BCUT2D eigenvalue weighted by Crippen LogP contribution is -1.89. The molecule has 0 aliphatic carbocycles. The molecule has 0 radical (unpaired) electrons. The highest BCUT2D eigenvalue weighted by Gasteiger charge is 2.05. The minimum absolute atomic E-state index is 0.483. The van der Waals surface area contributed by atoms with Crippen LogP contribution in [0.2, 0.25) is 5.02 Å². The van der Waals surface area contributed by atoms with Gasteiger partial charge in [0.1, 0.15) is 0 Å². The van der Waals surface area contributed by atoms with Gasteiger partial charge in [0.25, 0.3) is 0 Å². The van der Waals surface area contributed by atoms with Crippen LogP contribution >= 0.6 is 22.9 Å². The second-order valence-corrected chi connectivity index (χ2v) is 6.67. The molecule has 2 aromatic heterocycles.